The maximum Gasteiger partial charge on any atom is 0.211 e. The fraction of sp³-hybridized carbons (Fsp3) is 0.571. The zero-order valence-electron chi connectivity index (χ0n) is 12.0. The monoisotopic (exact) mass is 298 g/mol. The Hall–Kier alpha value is -1.11. The van der Waals surface area contributed by atoms with Crippen molar-refractivity contribution in [2.24, 2.45) is 0 Å². The quantitative estimate of drug-likeness (QED) is 0.908. The summed E-state index contributed by atoms with van der Waals surface area (Å²) in [6.07, 6.45) is 1.44. The van der Waals surface area contributed by atoms with E-state index in [0.717, 1.165) is 11.3 Å². The minimum Gasteiger partial charge on any atom is -0.388 e. The predicted molar refractivity (Wildman–Crippen MR) is 80.3 cm³/mol. The number of aliphatic hydroxyl groups excluding tert-OH is 1. The summed E-state index contributed by atoms with van der Waals surface area (Å²) in [4.78, 5) is 2.15. The number of nitrogens with zero attached hydrogens (tertiary/aromatic N) is 2. The van der Waals surface area contributed by atoms with E-state index in [9.17, 15) is 13.5 Å². The van der Waals surface area contributed by atoms with Crippen LogP contribution in [-0.4, -0.2) is 50.3 Å². The van der Waals surface area contributed by atoms with Crippen molar-refractivity contribution in [3.63, 3.8) is 0 Å². The van der Waals surface area contributed by atoms with E-state index in [1.54, 1.807) is 0 Å². The van der Waals surface area contributed by atoms with Crippen LogP contribution in [0.3, 0.4) is 0 Å². The van der Waals surface area contributed by atoms with Crippen LogP contribution in [0.4, 0.5) is 5.69 Å². The molecule has 0 aromatic heterocycles. The molecule has 1 aliphatic heterocycles. The Balaban J connectivity index is 2.15. The third-order valence-electron chi connectivity index (χ3n) is 3.73. The highest BCUT2D eigenvalue weighted by Gasteiger charge is 2.25. The number of aliphatic hydroxyl groups is 1. The fourth-order valence-corrected chi connectivity index (χ4v) is 3.36. The molecule has 0 unspecified atom stereocenters. The van der Waals surface area contributed by atoms with Crippen LogP contribution in [0.1, 0.15) is 25.0 Å². The molecule has 1 aromatic rings. The lowest BCUT2D eigenvalue weighted by atomic mass is 10.0. The summed E-state index contributed by atoms with van der Waals surface area (Å²) in [6, 6.07) is 7.80. The number of sulfonamides is 1. The van der Waals surface area contributed by atoms with Crippen LogP contribution in [-0.2, 0) is 10.0 Å². The number of hydrogen-bond acceptors (Lipinski definition) is 4. The Kier molecular flexibility index (Phi) is 4.67. The van der Waals surface area contributed by atoms with Crippen molar-refractivity contribution in [2.75, 3.05) is 37.3 Å². The van der Waals surface area contributed by atoms with E-state index in [1.807, 2.05) is 31.2 Å². The second-order valence-electron chi connectivity index (χ2n) is 5.13. The number of rotatable bonds is 4. The van der Waals surface area contributed by atoms with Crippen LogP contribution >= 0.6 is 0 Å². The molecule has 1 aliphatic rings. The number of benzene rings is 1. The molecule has 0 amide bonds. The van der Waals surface area contributed by atoms with Gasteiger partial charge in [0.05, 0.1) is 12.4 Å². The van der Waals surface area contributed by atoms with Crippen LogP contribution in [0.25, 0.3) is 0 Å². The Morgan fingerprint density at radius 1 is 1.20 bits per heavy atom. The lowest BCUT2D eigenvalue weighted by molar-refractivity contribution is 0.174. The molecule has 112 valence electrons. The van der Waals surface area contributed by atoms with Crippen molar-refractivity contribution < 1.29 is 13.5 Å². The Labute approximate surface area is 120 Å². The van der Waals surface area contributed by atoms with Gasteiger partial charge in [-0.15, -0.1) is 0 Å². The lowest BCUT2D eigenvalue weighted by Gasteiger charge is -2.36. The molecule has 1 saturated heterocycles. The summed E-state index contributed by atoms with van der Waals surface area (Å²) in [5.41, 5.74) is 1.93. The summed E-state index contributed by atoms with van der Waals surface area (Å²) in [5, 5.41) is 10.1. The van der Waals surface area contributed by atoms with E-state index in [4.69, 9.17) is 0 Å². The highest BCUT2D eigenvalue weighted by atomic mass is 32.2. The van der Waals surface area contributed by atoms with Crippen LogP contribution in [0.2, 0.25) is 0 Å². The van der Waals surface area contributed by atoms with Crippen molar-refractivity contribution >= 4 is 15.7 Å². The molecule has 1 fully saturated rings. The molecule has 6 heteroatoms. The molecule has 0 saturated carbocycles. The molecule has 0 radical (unpaired) electrons. The van der Waals surface area contributed by atoms with Crippen LogP contribution in [0, 0.1) is 0 Å². The summed E-state index contributed by atoms with van der Waals surface area (Å²) in [7, 11) is -3.11. The first-order valence-electron chi connectivity index (χ1n) is 6.90. The number of piperazine rings is 1. The van der Waals surface area contributed by atoms with E-state index in [1.165, 1.54) is 10.6 Å². The molecule has 1 N–H and O–H groups in total. The Bertz CT molecular complexity index is 551. The van der Waals surface area contributed by atoms with Crippen molar-refractivity contribution in [1.29, 1.82) is 0 Å². The topological polar surface area (TPSA) is 60.9 Å². The Morgan fingerprint density at radius 3 is 2.35 bits per heavy atom. The maximum absolute atomic E-state index is 11.5. The van der Waals surface area contributed by atoms with E-state index < -0.39 is 16.1 Å². The number of hydrogen-bond donors (Lipinski definition) is 1. The van der Waals surface area contributed by atoms with Gasteiger partial charge in [0.25, 0.3) is 0 Å². The molecule has 1 heterocycles. The summed E-state index contributed by atoms with van der Waals surface area (Å²) in [5.74, 6) is 0. The van der Waals surface area contributed by atoms with E-state index in [-0.39, 0.29) is 0 Å². The minimum absolute atomic E-state index is 0.473. The van der Waals surface area contributed by atoms with Crippen LogP contribution < -0.4 is 4.90 Å². The molecule has 0 bridgehead atoms. The molecule has 5 nitrogen and oxygen atoms in total. The first-order valence-corrected chi connectivity index (χ1v) is 8.75. The van der Waals surface area contributed by atoms with E-state index in [0.29, 0.717) is 32.6 Å². The molecule has 20 heavy (non-hydrogen) atoms. The zero-order valence-corrected chi connectivity index (χ0v) is 12.8. The first-order chi connectivity index (χ1) is 9.43. The van der Waals surface area contributed by atoms with Crippen molar-refractivity contribution in [1.82, 2.24) is 4.31 Å². The molecule has 0 spiro atoms. The summed E-state index contributed by atoms with van der Waals surface area (Å²) in [6.45, 7) is 4.24. The average Bonchev–Trinajstić information content (AvgIpc) is 2.45. The Morgan fingerprint density at radius 2 is 1.80 bits per heavy atom. The fourth-order valence-electron chi connectivity index (χ4n) is 2.54. The van der Waals surface area contributed by atoms with Gasteiger partial charge in [-0.1, -0.05) is 25.1 Å². The molecular weight excluding hydrogens is 276 g/mol. The van der Waals surface area contributed by atoms with Crippen molar-refractivity contribution in [3.8, 4) is 0 Å². The normalized spacial score (nSPS) is 19.1. The van der Waals surface area contributed by atoms with Gasteiger partial charge < -0.3 is 10.0 Å². The minimum atomic E-state index is -3.11. The second-order valence-corrected chi connectivity index (χ2v) is 7.11. The predicted octanol–water partition coefficient (Wildman–Crippen LogP) is 1.21. The third kappa shape index (κ3) is 3.31. The third-order valence-corrected chi connectivity index (χ3v) is 5.03. The summed E-state index contributed by atoms with van der Waals surface area (Å²) >= 11 is 0. The van der Waals surface area contributed by atoms with Gasteiger partial charge in [0, 0.05) is 37.4 Å². The van der Waals surface area contributed by atoms with Gasteiger partial charge in [-0.05, 0) is 12.5 Å². The highest BCUT2D eigenvalue weighted by Crippen LogP contribution is 2.29. The van der Waals surface area contributed by atoms with Gasteiger partial charge in [-0.25, -0.2) is 8.42 Å². The number of anilines is 1. The van der Waals surface area contributed by atoms with Gasteiger partial charge in [0.1, 0.15) is 0 Å². The lowest BCUT2D eigenvalue weighted by Crippen LogP contribution is -2.48. The average molecular weight is 298 g/mol. The standard InChI is InChI=1S/C14H22N2O3S/c1-3-14(17)12-6-4-5-7-13(12)15-8-10-16(11-9-15)20(2,18)19/h4-7,14,17H,3,8-11H2,1-2H3/t14-/m1/s1. The van der Waals surface area contributed by atoms with E-state index >= 15 is 0 Å². The second kappa shape index (κ2) is 6.11. The van der Waals surface area contributed by atoms with Gasteiger partial charge in [0.15, 0.2) is 0 Å². The largest absolute Gasteiger partial charge is 0.388 e. The molecule has 0 aliphatic carbocycles. The molecule has 1 atom stereocenters. The van der Waals surface area contributed by atoms with E-state index in [2.05, 4.69) is 4.90 Å². The van der Waals surface area contributed by atoms with Gasteiger partial charge >= 0.3 is 0 Å². The van der Waals surface area contributed by atoms with Crippen LogP contribution in [0.5, 0.6) is 0 Å². The SMILES string of the molecule is CC[C@@H](O)c1ccccc1N1CCN(S(C)(=O)=O)CC1. The maximum atomic E-state index is 11.5. The number of para-hydroxylation sites is 1. The molecule has 1 aromatic carbocycles. The molecule has 2 rings (SSSR count). The van der Waals surface area contributed by atoms with Gasteiger partial charge in [-0.2, -0.15) is 4.31 Å². The van der Waals surface area contributed by atoms with Crippen molar-refractivity contribution in [3.05, 3.63) is 29.8 Å². The zero-order chi connectivity index (χ0) is 14.8. The van der Waals surface area contributed by atoms with Gasteiger partial charge in [0.2, 0.25) is 10.0 Å². The smallest absolute Gasteiger partial charge is 0.211 e. The highest BCUT2D eigenvalue weighted by molar-refractivity contribution is 7.88. The van der Waals surface area contributed by atoms with Gasteiger partial charge in [-0.3, -0.25) is 0 Å². The molecular formula is C14H22N2O3S. The van der Waals surface area contributed by atoms with Crippen molar-refractivity contribution in [2.45, 2.75) is 19.4 Å². The summed E-state index contributed by atoms with van der Waals surface area (Å²) < 4.78 is 24.5. The first kappa shape index (κ1) is 15.3. The van der Waals surface area contributed by atoms with Crippen LogP contribution in [0.15, 0.2) is 24.3 Å².